The molecule has 0 saturated heterocycles. The van der Waals surface area contributed by atoms with Crippen LogP contribution in [0.15, 0.2) is 316 Å². The summed E-state index contributed by atoms with van der Waals surface area (Å²) in [6.07, 6.45) is 26.0. The van der Waals surface area contributed by atoms with Crippen LogP contribution in [-0.4, -0.2) is 13.4 Å². The van der Waals surface area contributed by atoms with Crippen molar-refractivity contribution in [2.45, 2.75) is 53.9 Å². The van der Waals surface area contributed by atoms with Gasteiger partial charge in [-0.3, -0.25) is 0 Å². The largest absolute Gasteiger partial charge is 0.315 e. The van der Waals surface area contributed by atoms with Crippen LogP contribution in [0.4, 0.5) is 79.6 Å². The normalized spacial score (nSPS) is 13.9. The zero-order valence-electron chi connectivity index (χ0n) is 51.1. The van der Waals surface area contributed by atoms with E-state index < -0.39 is 0 Å². The third-order valence-electron chi connectivity index (χ3n) is 17.5. The molecule has 88 heavy (non-hydrogen) atoms. The minimum atomic E-state index is -0.174. The lowest BCUT2D eigenvalue weighted by Crippen LogP contribution is -2.65. The average molecular weight is 1140 g/mol. The van der Waals surface area contributed by atoms with E-state index in [-0.39, 0.29) is 13.4 Å². The first-order valence-electron chi connectivity index (χ1n) is 30.9. The Balaban J connectivity index is 1.17. The van der Waals surface area contributed by atoms with Gasteiger partial charge in [0.1, 0.15) is 0 Å². The van der Waals surface area contributed by atoms with Crippen LogP contribution in [0.25, 0.3) is 0 Å². The fourth-order valence-electron chi connectivity index (χ4n) is 13.8. The molecule has 9 aromatic carbocycles. The monoisotopic (exact) mass is 1140 g/mol. The second kappa shape index (κ2) is 24.5. The number of benzene rings is 9. The molecule has 0 saturated carbocycles. The van der Waals surface area contributed by atoms with Gasteiger partial charge in [-0.25, -0.2) is 0 Å². The second-order valence-electron chi connectivity index (χ2n) is 22.8. The molecule has 0 aromatic heterocycles. The smallest absolute Gasteiger partial charge is 0.252 e. The van der Waals surface area contributed by atoms with E-state index >= 15 is 0 Å². The summed E-state index contributed by atoms with van der Waals surface area (Å²) in [6.45, 7) is 23.6. The first-order chi connectivity index (χ1) is 43.3. The molecule has 0 bridgehead atoms. The standard InChI is InChI=1S/C80H72B2N6/c1-9-14-21-37-58(7)84-71-49-33-31-47-67(71)81-69-56-74-70(55-73(69)85(59(8)38-22-15-10-2)76-52-65(51-75(84)79(76)81)83(57(6)36-16-11-3)61-39-23-17-24-40-61)82-68-48-32-34-50-72(68)87(60(13-5)35-12-4)77-53-66(54-78(80(77)82)88(74)64-45-29-20-30-46-64)86(62-41-25-18-26-42-62)63-43-27-19-28-44-63/h9,11-15,17-35,37-56H,1,3,6,10,16,36H2,2,4-5,7-8H3/b21-14-,22-15-,35-12-,58-37+,59-38+,60-13+. The summed E-state index contributed by atoms with van der Waals surface area (Å²) >= 11 is 0. The van der Waals surface area contributed by atoms with Gasteiger partial charge in [-0.15, -0.1) is 6.58 Å². The van der Waals surface area contributed by atoms with Crippen LogP contribution in [0, 0.1) is 0 Å². The van der Waals surface area contributed by atoms with Gasteiger partial charge in [0.25, 0.3) is 13.4 Å². The number of rotatable bonds is 18. The first-order valence-corrected chi connectivity index (χ1v) is 30.9. The third kappa shape index (κ3) is 9.85. The van der Waals surface area contributed by atoms with Crippen molar-refractivity contribution in [1.82, 2.24) is 0 Å². The molecule has 0 unspecified atom stereocenters. The van der Waals surface area contributed by atoms with Crippen LogP contribution in [0.5, 0.6) is 0 Å². The molecule has 0 fully saturated rings. The van der Waals surface area contributed by atoms with Crippen molar-refractivity contribution < 1.29 is 0 Å². The van der Waals surface area contributed by atoms with Crippen molar-refractivity contribution in [1.29, 1.82) is 0 Å². The van der Waals surface area contributed by atoms with E-state index in [1.807, 2.05) is 18.2 Å². The van der Waals surface area contributed by atoms with E-state index in [2.05, 4.69) is 332 Å². The van der Waals surface area contributed by atoms with Crippen molar-refractivity contribution in [3.8, 4) is 0 Å². The zero-order chi connectivity index (χ0) is 60.4. The molecule has 13 rings (SSSR count). The molecular formula is C80H72B2N6. The lowest BCUT2D eigenvalue weighted by molar-refractivity contribution is 0.939. The summed E-state index contributed by atoms with van der Waals surface area (Å²) in [4.78, 5) is 14.9. The highest BCUT2D eigenvalue weighted by atomic mass is 15.2. The Hall–Kier alpha value is -10.4. The molecule has 9 aromatic rings. The highest BCUT2D eigenvalue weighted by Gasteiger charge is 2.49. The fraction of sp³-hybridized carbons (Fsp3) is 0.100. The van der Waals surface area contributed by atoms with Gasteiger partial charge in [0.15, 0.2) is 0 Å². The number of hydrogen-bond acceptors (Lipinski definition) is 6. The molecule has 0 atom stereocenters. The van der Waals surface area contributed by atoms with Crippen LogP contribution in [0.2, 0.25) is 0 Å². The van der Waals surface area contributed by atoms with Gasteiger partial charge in [0, 0.05) is 96.7 Å². The van der Waals surface area contributed by atoms with E-state index in [4.69, 9.17) is 6.58 Å². The molecule has 6 nitrogen and oxygen atoms in total. The topological polar surface area (TPSA) is 19.4 Å². The van der Waals surface area contributed by atoms with Crippen molar-refractivity contribution >= 4 is 126 Å². The number of anilines is 14. The Bertz CT molecular complexity index is 4310. The molecule has 8 heteroatoms. The molecule has 0 amide bonds. The summed E-state index contributed by atoms with van der Waals surface area (Å²) in [5.41, 5.74) is 27.2. The summed E-state index contributed by atoms with van der Waals surface area (Å²) < 4.78 is 0. The summed E-state index contributed by atoms with van der Waals surface area (Å²) in [5.74, 6) is 0. The predicted molar refractivity (Wildman–Crippen MR) is 383 cm³/mol. The SMILES string of the molecule is C=C/C=C\C=C(/C)N1c2ccccc2B2c3cc4c(cc3N(/C(C)=C/C=C\CC)c3cc(N(C(=C)CCC=C)c5ccccc5)cc1c32)B1c2ccccc2N(C(/C=C\C)=C/C)c2cc(N(c3ccccc3)c3ccccc3)cc(c21)N4c1ccccc1. The third-order valence-corrected chi connectivity index (χ3v) is 17.5. The lowest BCUT2D eigenvalue weighted by Gasteiger charge is -2.48. The Labute approximate surface area is 521 Å². The van der Waals surface area contributed by atoms with Crippen LogP contribution in [-0.2, 0) is 0 Å². The number of fused-ring (bicyclic) bond motifs is 8. The van der Waals surface area contributed by atoms with Crippen molar-refractivity contribution in [2.75, 3.05) is 29.4 Å². The number of allylic oxidation sites excluding steroid dienone is 14. The molecule has 0 spiro atoms. The highest BCUT2D eigenvalue weighted by Crippen LogP contribution is 2.50. The molecule has 4 aliphatic rings. The van der Waals surface area contributed by atoms with Crippen molar-refractivity contribution in [2.24, 2.45) is 0 Å². The Morgan fingerprint density at radius 2 is 0.966 bits per heavy atom. The number of nitrogens with zero attached hydrogens (tertiary/aromatic N) is 6. The Morgan fingerprint density at radius 3 is 1.55 bits per heavy atom. The summed E-state index contributed by atoms with van der Waals surface area (Å²) in [5, 5.41) is 0. The minimum absolute atomic E-state index is 0.168. The van der Waals surface area contributed by atoms with Gasteiger partial charge in [0.05, 0.1) is 5.69 Å². The molecule has 0 aliphatic carbocycles. The fourth-order valence-corrected chi connectivity index (χ4v) is 13.8. The van der Waals surface area contributed by atoms with Gasteiger partial charge < -0.3 is 29.4 Å². The molecule has 0 radical (unpaired) electrons. The molecule has 0 N–H and O–H groups in total. The van der Waals surface area contributed by atoms with Gasteiger partial charge in [-0.2, -0.15) is 0 Å². The Kier molecular flexibility index (Phi) is 15.8. The van der Waals surface area contributed by atoms with E-state index in [0.29, 0.717) is 0 Å². The highest BCUT2D eigenvalue weighted by molar-refractivity contribution is 7.02. The maximum absolute atomic E-state index is 4.83. The Morgan fingerprint density at radius 1 is 0.477 bits per heavy atom. The maximum atomic E-state index is 4.83. The van der Waals surface area contributed by atoms with E-state index in [0.717, 1.165) is 122 Å². The second-order valence-corrected chi connectivity index (χ2v) is 22.8. The number of para-hydroxylation sites is 6. The molecular weight excluding hydrogens is 1070 g/mol. The number of hydrogen-bond donors (Lipinski definition) is 0. The lowest BCUT2D eigenvalue weighted by atomic mass is 9.31. The molecule has 4 heterocycles. The molecule has 428 valence electrons. The minimum Gasteiger partial charge on any atom is -0.315 e. The first kappa shape index (κ1) is 56.7. The van der Waals surface area contributed by atoms with Crippen LogP contribution in [0.1, 0.15) is 53.9 Å². The van der Waals surface area contributed by atoms with Crippen LogP contribution in [0.3, 0.4) is 0 Å². The molecule has 4 aliphatic heterocycles. The summed E-state index contributed by atoms with van der Waals surface area (Å²) in [7, 11) is 0. The quantitative estimate of drug-likeness (QED) is 0.0481. The maximum Gasteiger partial charge on any atom is 0.252 e. The average Bonchev–Trinajstić information content (AvgIpc) is 0.695. The van der Waals surface area contributed by atoms with Crippen LogP contribution < -0.4 is 62.2 Å². The van der Waals surface area contributed by atoms with Gasteiger partial charge in [-0.1, -0.05) is 178 Å². The van der Waals surface area contributed by atoms with Crippen LogP contribution >= 0.6 is 0 Å². The van der Waals surface area contributed by atoms with Crippen molar-refractivity contribution in [3.63, 3.8) is 0 Å². The van der Waals surface area contributed by atoms with Gasteiger partial charge >= 0.3 is 0 Å². The van der Waals surface area contributed by atoms with Gasteiger partial charge in [-0.05, 0) is 195 Å². The predicted octanol–water partition coefficient (Wildman–Crippen LogP) is 17.9. The summed E-state index contributed by atoms with van der Waals surface area (Å²) in [6, 6.07) is 76.5. The van der Waals surface area contributed by atoms with E-state index in [1.165, 1.54) is 32.8 Å². The van der Waals surface area contributed by atoms with E-state index in [1.54, 1.807) is 0 Å². The zero-order valence-corrected chi connectivity index (χ0v) is 51.1. The van der Waals surface area contributed by atoms with Gasteiger partial charge in [0.2, 0.25) is 0 Å². The van der Waals surface area contributed by atoms with E-state index in [9.17, 15) is 0 Å². The van der Waals surface area contributed by atoms with Crippen molar-refractivity contribution in [3.05, 3.63) is 316 Å².